The third kappa shape index (κ3) is 2.61. The second-order valence-corrected chi connectivity index (χ2v) is 4.27. The lowest BCUT2D eigenvalue weighted by atomic mass is 9.80. The zero-order chi connectivity index (χ0) is 15.5. The van der Waals surface area contributed by atoms with Crippen LogP contribution in [0.1, 0.15) is 18.9 Å². The summed E-state index contributed by atoms with van der Waals surface area (Å²) in [5, 5.41) is 47.6. The fourth-order valence-corrected chi connectivity index (χ4v) is 1.77. The molecule has 0 fully saturated rings. The third-order valence-corrected chi connectivity index (χ3v) is 3.06. The van der Waals surface area contributed by atoms with Crippen LogP contribution in [0.3, 0.4) is 0 Å². The van der Waals surface area contributed by atoms with E-state index in [2.05, 4.69) is 0 Å². The average molecular weight is 280 g/mol. The minimum absolute atomic E-state index is 0.00569. The zero-order valence-electron chi connectivity index (χ0n) is 10.5. The molecule has 0 amide bonds. The molecule has 1 rings (SSSR count). The molecule has 106 valence electrons. The lowest BCUT2D eigenvalue weighted by Gasteiger charge is -2.19. The maximum Gasteiger partial charge on any atom is 0.324 e. The highest BCUT2D eigenvalue weighted by atomic mass is 16.6. The van der Waals surface area contributed by atoms with Crippen LogP contribution < -0.4 is 0 Å². The number of phenols is 2. The largest absolute Gasteiger partial charge is 0.504 e. The molecule has 3 N–H and O–H groups in total. The van der Waals surface area contributed by atoms with Crippen molar-refractivity contribution in [1.29, 1.82) is 5.26 Å². The Kier molecular flexibility index (Phi) is 4.14. The van der Waals surface area contributed by atoms with Crippen molar-refractivity contribution in [2.45, 2.75) is 19.8 Å². The van der Waals surface area contributed by atoms with Gasteiger partial charge < -0.3 is 15.3 Å². The van der Waals surface area contributed by atoms with Crippen molar-refractivity contribution in [2.24, 2.45) is 5.41 Å². The molecule has 8 nitrogen and oxygen atoms in total. The fourth-order valence-electron chi connectivity index (χ4n) is 1.77. The monoisotopic (exact) mass is 280 g/mol. The van der Waals surface area contributed by atoms with Gasteiger partial charge in [-0.05, 0) is 18.1 Å². The van der Waals surface area contributed by atoms with Crippen molar-refractivity contribution in [1.82, 2.24) is 0 Å². The van der Waals surface area contributed by atoms with Crippen molar-refractivity contribution < 1.29 is 25.0 Å². The number of carboxylic acids is 1. The molecule has 0 bridgehead atoms. The van der Waals surface area contributed by atoms with Crippen LogP contribution in [0.4, 0.5) is 5.69 Å². The smallest absolute Gasteiger partial charge is 0.324 e. The van der Waals surface area contributed by atoms with Crippen LogP contribution in [-0.4, -0.2) is 26.2 Å². The first-order chi connectivity index (χ1) is 9.27. The van der Waals surface area contributed by atoms with Gasteiger partial charge in [0.05, 0.1) is 11.0 Å². The molecule has 0 radical (unpaired) electrons. The molecule has 0 aliphatic rings. The molecule has 0 heterocycles. The molecule has 0 saturated carbocycles. The van der Waals surface area contributed by atoms with Crippen molar-refractivity contribution in [2.75, 3.05) is 0 Å². The number of nitrogens with zero attached hydrogens (tertiary/aromatic N) is 2. The normalized spacial score (nSPS) is 13.2. The van der Waals surface area contributed by atoms with Gasteiger partial charge in [0.15, 0.2) is 11.2 Å². The van der Waals surface area contributed by atoms with Crippen LogP contribution in [0.2, 0.25) is 0 Å². The molecule has 20 heavy (non-hydrogen) atoms. The first-order valence-electron chi connectivity index (χ1n) is 5.61. The van der Waals surface area contributed by atoms with E-state index in [0.29, 0.717) is 0 Å². The van der Waals surface area contributed by atoms with E-state index in [9.17, 15) is 25.1 Å². The Balaban J connectivity index is 3.32. The summed E-state index contributed by atoms with van der Waals surface area (Å²) in [4.78, 5) is 21.0. The molecule has 0 spiro atoms. The predicted octanol–water partition coefficient (Wildman–Crippen LogP) is 1.55. The quantitative estimate of drug-likeness (QED) is 0.421. The second kappa shape index (κ2) is 5.44. The minimum atomic E-state index is -1.74. The number of aromatic hydroxyl groups is 2. The lowest BCUT2D eigenvalue weighted by molar-refractivity contribution is -0.386. The van der Waals surface area contributed by atoms with E-state index >= 15 is 0 Å². The number of phenolic OH excluding ortho intramolecular Hbond substituents is 2. The molecule has 1 aromatic rings. The van der Waals surface area contributed by atoms with E-state index in [1.807, 2.05) is 0 Å². The minimum Gasteiger partial charge on any atom is -0.504 e. The number of nitro groups is 1. The van der Waals surface area contributed by atoms with E-state index in [4.69, 9.17) is 10.4 Å². The number of carboxylic acid groups (broad SMARTS) is 1. The van der Waals surface area contributed by atoms with Crippen molar-refractivity contribution >= 4 is 11.7 Å². The van der Waals surface area contributed by atoms with Crippen molar-refractivity contribution in [3.63, 3.8) is 0 Å². The van der Waals surface area contributed by atoms with Crippen LogP contribution >= 0.6 is 0 Å². The molecule has 1 aromatic carbocycles. The summed E-state index contributed by atoms with van der Waals surface area (Å²) in [6, 6.07) is 3.63. The highest BCUT2D eigenvalue weighted by Crippen LogP contribution is 2.38. The van der Waals surface area contributed by atoms with Crippen LogP contribution in [0.15, 0.2) is 12.1 Å². The number of nitriles is 1. The molecule has 1 unspecified atom stereocenters. The van der Waals surface area contributed by atoms with Gasteiger partial charge in [0.2, 0.25) is 5.75 Å². The summed E-state index contributed by atoms with van der Waals surface area (Å²) in [5.41, 5.74) is -2.40. The van der Waals surface area contributed by atoms with Gasteiger partial charge in [0.25, 0.3) is 0 Å². The van der Waals surface area contributed by atoms with E-state index < -0.39 is 33.5 Å². The lowest BCUT2D eigenvalue weighted by Crippen LogP contribution is -2.31. The van der Waals surface area contributed by atoms with E-state index in [-0.39, 0.29) is 18.4 Å². The number of aliphatic carboxylic acids is 1. The molecule has 0 saturated heterocycles. The van der Waals surface area contributed by atoms with Crippen molar-refractivity contribution in [3.8, 4) is 17.6 Å². The topological polar surface area (TPSA) is 145 Å². The van der Waals surface area contributed by atoms with Crippen LogP contribution in [-0.2, 0) is 11.2 Å². The first kappa shape index (κ1) is 15.2. The number of benzene rings is 1. The number of carbonyl (C=O) groups is 1. The highest BCUT2D eigenvalue weighted by Gasteiger charge is 2.38. The SMILES string of the molecule is CCC(C#N)(Cc1cc(O)c(O)c([N+](=O)[O-])c1)C(=O)O. The number of rotatable bonds is 5. The molecule has 0 aliphatic heterocycles. The Morgan fingerprint density at radius 3 is 2.50 bits per heavy atom. The van der Waals surface area contributed by atoms with Gasteiger partial charge in [-0.2, -0.15) is 5.26 Å². The van der Waals surface area contributed by atoms with E-state index in [1.54, 1.807) is 6.07 Å². The van der Waals surface area contributed by atoms with Gasteiger partial charge in [-0.25, -0.2) is 0 Å². The first-order valence-corrected chi connectivity index (χ1v) is 5.61. The molecular formula is C12H12N2O6. The fraction of sp³-hybridized carbons (Fsp3) is 0.333. The Hall–Kier alpha value is -2.82. The van der Waals surface area contributed by atoms with Gasteiger partial charge in [0, 0.05) is 12.5 Å². The van der Waals surface area contributed by atoms with Gasteiger partial charge in [0.1, 0.15) is 0 Å². The van der Waals surface area contributed by atoms with E-state index in [1.165, 1.54) is 6.92 Å². The second-order valence-electron chi connectivity index (χ2n) is 4.27. The maximum atomic E-state index is 11.2. The standard InChI is InChI=1S/C12H12N2O6/c1-2-12(6-13,11(17)18)5-7-3-8(14(19)20)10(16)9(15)4-7/h3-4,15-16H,2,5H2,1H3,(H,17,18). The molecule has 8 heteroatoms. The summed E-state index contributed by atoms with van der Waals surface area (Å²) in [7, 11) is 0. The molecule has 1 atom stereocenters. The maximum absolute atomic E-state index is 11.2. The molecule has 0 aromatic heterocycles. The average Bonchev–Trinajstić information content (AvgIpc) is 2.39. The predicted molar refractivity (Wildman–Crippen MR) is 66.1 cm³/mol. The van der Waals surface area contributed by atoms with Crippen LogP contribution in [0, 0.1) is 26.9 Å². The van der Waals surface area contributed by atoms with Gasteiger partial charge in [-0.1, -0.05) is 6.92 Å². The zero-order valence-corrected chi connectivity index (χ0v) is 10.5. The highest BCUT2D eigenvalue weighted by molar-refractivity contribution is 5.78. The van der Waals surface area contributed by atoms with Crippen LogP contribution in [0.5, 0.6) is 11.5 Å². The molecule has 0 aliphatic carbocycles. The number of hydrogen-bond acceptors (Lipinski definition) is 6. The summed E-state index contributed by atoms with van der Waals surface area (Å²) < 4.78 is 0. The summed E-state index contributed by atoms with van der Waals surface area (Å²) in [5.74, 6) is -2.98. The summed E-state index contributed by atoms with van der Waals surface area (Å²) in [6.07, 6.45) is -0.321. The van der Waals surface area contributed by atoms with Gasteiger partial charge >= 0.3 is 11.7 Å². The van der Waals surface area contributed by atoms with E-state index in [0.717, 1.165) is 12.1 Å². The summed E-state index contributed by atoms with van der Waals surface area (Å²) >= 11 is 0. The Bertz CT molecular complexity index is 607. The van der Waals surface area contributed by atoms with Crippen LogP contribution in [0.25, 0.3) is 0 Å². The summed E-state index contributed by atoms with van der Waals surface area (Å²) in [6.45, 7) is 1.51. The third-order valence-electron chi connectivity index (χ3n) is 3.06. The van der Waals surface area contributed by atoms with Crippen molar-refractivity contribution in [3.05, 3.63) is 27.8 Å². The Morgan fingerprint density at radius 2 is 2.10 bits per heavy atom. The van der Waals surface area contributed by atoms with Gasteiger partial charge in [-0.3, -0.25) is 14.9 Å². The van der Waals surface area contributed by atoms with Gasteiger partial charge in [-0.15, -0.1) is 0 Å². The Labute approximate surface area is 113 Å². The number of hydrogen-bond donors (Lipinski definition) is 3. The molecular weight excluding hydrogens is 268 g/mol. The number of nitro benzene ring substituents is 1. The Morgan fingerprint density at radius 1 is 1.50 bits per heavy atom.